The summed E-state index contributed by atoms with van der Waals surface area (Å²) in [6.45, 7) is 9.11. The van der Waals surface area contributed by atoms with Crippen molar-refractivity contribution in [2.24, 2.45) is 11.8 Å². The summed E-state index contributed by atoms with van der Waals surface area (Å²) >= 11 is 0. The van der Waals surface area contributed by atoms with Crippen LogP contribution in [0.25, 0.3) is 0 Å². The molecule has 1 heteroatoms. The maximum absolute atomic E-state index is 11.7. The Morgan fingerprint density at radius 3 is 1.29 bits per heavy atom. The predicted molar refractivity (Wildman–Crippen MR) is 109 cm³/mol. The summed E-state index contributed by atoms with van der Waals surface area (Å²) in [5.74, 6) is 2.10. The fourth-order valence-corrected chi connectivity index (χ4v) is 3.30. The standard InChI is InChI=1S/C23H46O/c1-21(2)17-14-12-10-8-6-5-7-9-11-13-15-19-23(24)20-16-18-22(3)4/h21-22H,5-20H2,1-4H3. The summed E-state index contributed by atoms with van der Waals surface area (Å²) in [7, 11) is 0. The van der Waals surface area contributed by atoms with E-state index in [0.29, 0.717) is 5.78 Å². The Kier molecular flexibility index (Phi) is 17.3. The number of rotatable bonds is 18. The molecule has 0 aromatic carbocycles. The van der Waals surface area contributed by atoms with Crippen LogP contribution in [0.1, 0.15) is 130 Å². The predicted octanol–water partition coefficient (Wildman–Crippen LogP) is 8.11. The fraction of sp³-hybridized carbons (Fsp3) is 0.957. The van der Waals surface area contributed by atoms with Gasteiger partial charge in [0, 0.05) is 12.8 Å². The van der Waals surface area contributed by atoms with Gasteiger partial charge < -0.3 is 0 Å². The van der Waals surface area contributed by atoms with Gasteiger partial charge in [0.25, 0.3) is 0 Å². The molecule has 0 fully saturated rings. The van der Waals surface area contributed by atoms with Crippen LogP contribution in [0.15, 0.2) is 0 Å². The smallest absolute Gasteiger partial charge is 0.132 e. The third-order valence-corrected chi connectivity index (χ3v) is 4.97. The Morgan fingerprint density at radius 2 is 0.833 bits per heavy atom. The fourth-order valence-electron chi connectivity index (χ4n) is 3.30. The van der Waals surface area contributed by atoms with Gasteiger partial charge in [-0.2, -0.15) is 0 Å². The van der Waals surface area contributed by atoms with Crippen LogP contribution in [0.3, 0.4) is 0 Å². The molecular weight excluding hydrogens is 292 g/mol. The highest BCUT2D eigenvalue weighted by Crippen LogP contribution is 2.14. The molecule has 0 aliphatic heterocycles. The van der Waals surface area contributed by atoms with Gasteiger partial charge in [-0.1, -0.05) is 105 Å². The number of hydrogen-bond donors (Lipinski definition) is 0. The molecule has 1 nitrogen and oxygen atoms in total. The van der Waals surface area contributed by atoms with E-state index in [2.05, 4.69) is 27.7 Å². The first-order valence-electron chi connectivity index (χ1n) is 11.0. The third kappa shape index (κ3) is 19.7. The topological polar surface area (TPSA) is 17.1 Å². The maximum atomic E-state index is 11.7. The zero-order chi connectivity index (χ0) is 18.0. The van der Waals surface area contributed by atoms with Crippen LogP contribution < -0.4 is 0 Å². The molecule has 0 radical (unpaired) electrons. The molecule has 0 aliphatic rings. The summed E-state index contributed by atoms with van der Waals surface area (Å²) in [4.78, 5) is 11.7. The van der Waals surface area contributed by atoms with Gasteiger partial charge in [-0.15, -0.1) is 0 Å². The first-order valence-corrected chi connectivity index (χ1v) is 11.0. The van der Waals surface area contributed by atoms with Crippen LogP contribution in [0, 0.1) is 11.8 Å². The van der Waals surface area contributed by atoms with Crippen LogP contribution in [0.4, 0.5) is 0 Å². The number of carbonyl (C=O) groups is 1. The van der Waals surface area contributed by atoms with E-state index in [-0.39, 0.29) is 0 Å². The van der Waals surface area contributed by atoms with E-state index in [1.165, 1.54) is 77.0 Å². The average Bonchev–Trinajstić information content (AvgIpc) is 2.51. The monoisotopic (exact) mass is 338 g/mol. The Bertz CT molecular complexity index is 267. The minimum atomic E-state index is 0.494. The Morgan fingerprint density at radius 1 is 0.500 bits per heavy atom. The normalized spacial score (nSPS) is 11.6. The quantitative estimate of drug-likeness (QED) is 0.231. The number of unbranched alkanes of at least 4 members (excludes halogenated alkanes) is 10. The molecule has 0 unspecified atom stereocenters. The molecule has 0 rings (SSSR count). The molecule has 0 N–H and O–H groups in total. The molecule has 0 atom stereocenters. The summed E-state index contributed by atoms with van der Waals surface area (Å²) in [5.41, 5.74) is 0. The highest BCUT2D eigenvalue weighted by Gasteiger charge is 2.03. The molecule has 0 aromatic rings. The summed E-state index contributed by atoms with van der Waals surface area (Å²) in [6, 6.07) is 0. The van der Waals surface area contributed by atoms with Crippen molar-refractivity contribution in [3.63, 3.8) is 0 Å². The molecule has 0 saturated heterocycles. The van der Waals surface area contributed by atoms with Gasteiger partial charge in [-0.3, -0.25) is 4.79 Å². The first-order chi connectivity index (χ1) is 11.5. The molecule has 0 bridgehead atoms. The van der Waals surface area contributed by atoms with Crippen molar-refractivity contribution < 1.29 is 4.79 Å². The maximum Gasteiger partial charge on any atom is 0.132 e. The SMILES string of the molecule is CC(C)CCCCCCCCCCCCCC(=O)CCCC(C)C. The third-order valence-electron chi connectivity index (χ3n) is 4.97. The highest BCUT2D eigenvalue weighted by atomic mass is 16.1. The lowest BCUT2D eigenvalue weighted by molar-refractivity contribution is -0.119. The Labute approximate surface area is 153 Å². The lowest BCUT2D eigenvalue weighted by Gasteiger charge is -2.05. The van der Waals surface area contributed by atoms with E-state index in [9.17, 15) is 4.79 Å². The molecule has 0 spiro atoms. The van der Waals surface area contributed by atoms with Crippen molar-refractivity contribution in [1.82, 2.24) is 0 Å². The van der Waals surface area contributed by atoms with Gasteiger partial charge in [0.05, 0.1) is 0 Å². The van der Waals surface area contributed by atoms with E-state index in [0.717, 1.165) is 37.5 Å². The zero-order valence-electron chi connectivity index (χ0n) is 17.4. The molecule has 0 amide bonds. The average molecular weight is 339 g/mol. The van der Waals surface area contributed by atoms with Gasteiger partial charge >= 0.3 is 0 Å². The van der Waals surface area contributed by atoms with Crippen molar-refractivity contribution in [3.8, 4) is 0 Å². The number of ketones is 1. The minimum Gasteiger partial charge on any atom is -0.300 e. The second-order valence-electron chi connectivity index (χ2n) is 8.65. The molecule has 0 saturated carbocycles. The summed E-state index contributed by atoms with van der Waals surface area (Å²) < 4.78 is 0. The largest absolute Gasteiger partial charge is 0.300 e. The van der Waals surface area contributed by atoms with E-state index in [1.54, 1.807) is 0 Å². The van der Waals surface area contributed by atoms with Crippen LogP contribution in [0.5, 0.6) is 0 Å². The van der Waals surface area contributed by atoms with Gasteiger partial charge in [0.1, 0.15) is 5.78 Å². The zero-order valence-corrected chi connectivity index (χ0v) is 17.4. The van der Waals surface area contributed by atoms with Crippen molar-refractivity contribution in [1.29, 1.82) is 0 Å². The molecule has 0 aliphatic carbocycles. The number of Topliss-reactive ketones (excluding diaryl/α,β-unsaturated/α-hetero) is 1. The van der Waals surface area contributed by atoms with Crippen LogP contribution in [0.2, 0.25) is 0 Å². The van der Waals surface area contributed by atoms with Gasteiger partial charge in [0.15, 0.2) is 0 Å². The van der Waals surface area contributed by atoms with Crippen LogP contribution in [-0.2, 0) is 4.79 Å². The molecule has 0 heterocycles. The second kappa shape index (κ2) is 17.5. The molecule has 24 heavy (non-hydrogen) atoms. The Hall–Kier alpha value is -0.330. The second-order valence-corrected chi connectivity index (χ2v) is 8.65. The van der Waals surface area contributed by atoms with Crippen molar-refractivity contribution in [3.05, 3.63) is 0 Å². The van der Waals surface area contributed by atoms with E-state index >= 15 is 0 Å². The molecule has 144 valence electrons. The number of carbonyl (C=O) groups excluding carboxylic acids is 1. The lowest BCUT2D eigenvalue weighted by Crippen LogP contribution is -1.99. The van der Waals surface area contributed by atoms with E-state index < -0.39 is 0 Å². The van der Waals surface area contributed by atoms with Crippen LogP contribution >= 0.6 is 0 Å². The van der Waals surface area contributed by atoms with Gasteiger partial charge in [-0.05, 0) is 24.7 Å². The number of hydrogen-bond acceptors (Lipinski definition) is 1. The van der Waals surface area contributed by atoms with E-state index in [1.807, 2.05) is 0 Å². The van der Waals surface area contributed by atoms with Crippen molar-refractivity contribution in [2.75, 3.05) is 0 Å². The Balaban J connectivity index is 3.13. The summed E-state index contributed by atoms with van der Waals surface area (Å²) in [6.07, 6.45) is 20.4. The molecular formula is C23H46O. The first kappa shape index (κ1) is 23.7. The minimum absolute atomic E-state index is 0.494. The van der Waals surface area contributed by atoms with Gasteiger partial charge in [-0.25, -0.2) is 0 Å². The van der Waals surface area contributed by atoms with Crippen molar-refractivity contribution in [2.45, 2.75) is 130 Å². The summed E-state index contributed by atoms with van der Waals surface area (Å²) in [5, 5.41) is 0. The molecule has 0 aromatic heterocycles. The van der Waals surface area contributed by atoms with Gasteiger partial charge in [0.2, 0.25) is 0 Å². The lowest BCUT2D eigenvalue weighted by atomic mass is 10.0. The van der Waals surface area contributed by atoms with Crippen LogP contribution in [-0.4, -0.2) is 5.78 Å². The van der Waals surface area contributed by atoms with E-state index in [4.69, 9.17) is 0 Å². The highest BCUT2D eigenvalue weighted by molar-refractivity contribution is 5.78. The van der Waals surface area contributed by atoms with Crippen molar-refractivity contribution >= 4 is 5.78 Å².